The van der Waals surface area contributed by atoms with Crippen LogP contribution in [0.1, 0.15) is 11.1 Å². The Morgan fingerprint density at radius 3 is 2.61 bits per heavy atom. The number of nitrogens with zero attached hydrogens (tertiary/aromatic N) is 3. The summed E-state index contributed by atoms with van der Waals surface area (Å²) in [6.07, 6.45) is 2.51. The number of rotatable bonds is 3. The number of pyridine rings is 1. The van der Waals surface area contributed by atoms with Crippen molar-refractivity contribution in [3.63, 3.8) is 0 Å². The lowest BCUT2D eigenvalue weighted by Crippen LogP contribution is -2.43. The van der Waals surface area contributed by atoms with Gasteiger partial charge in [-0.25, -0.2) is 0 Å². The maximum absolute atomic E-state index is 11.6. The van der Waals surface area contributed by atoms with Crippen LogP contribution < -0.4 is 9.80 Å². The van der Waals surface area contributed by atoms with Gasteiger partial charge in [-0.15, -0.1) is 0 Å². The van der Waals surface area contributed by atoms with E-state index >= 15 is 0 Å². The zero-order valence-corrected chi connectivity index (χ0v) is 12.8. The van der Waals surface area contributed by atoms with Crippen LogP contribution in [-0.4, -0.2) is 34.9 Å². The molecule has 118 valence electrons. The van der Waals surface area contributed by atoms with Crippen LogP contribution >= 0.6 is 0 Å². The number of aliphatic hydroxyl groups is 2. The van der Waals surface area contributed by atoms with Crippen LogP contribution in [0.25, 0.3) is 5.76 Å². The molecule has 6 nitrogen and oxygen atoms in total. The molecule has 0 radical (unpaired) electrons. The maximum Gasteiger partial charge on any atom is 0.218 e. The predicted molar refractivity (Wildman–Crippen MR) is 87.9 cm³/mol. The third-order valence-corrected chi connectivity index (χ3v) is 4.03. The summed E-state index contributed by atoms with van der Waals surface area (Å²) in [5.41, 5.74) is 2.81. The number of likely N-dealkylation sites (N-methyl/N-ethyl adjacent to an activating group) is 1. The number of hydrogen-bond donors (Lipinski definition) is 2. The number of aromatic nitrogens is 1. The van der Waals surface area contributed by atoms with Crippen LogP contribution in [-0.2, 0) is 4.79 Å². The second kappa shape index (κ2) is 5.73. The van der Waals surface area contributed by atoms with E-state index in [0.29, 0.717) is 23.3 Å². The molecule has 1 amide bonds. The third kappa shape index (κ3) is 2.33. The lowest BCUT2D eigenvalue weighted by molar-refractivity contribution is -0.107. The summed E-state index contributed by atoms with van der Waals surface area (Å²) in [7, 11) is 1.71. The fourth-order valence-corrected chi connectivity index (χ4v) is 2.82. The van der Waals surface area contributed by atoms with E-state index in [-0.39, 0.29) is 11.5 Å². The van der Waals surface area contributed by atoms with Gasteiger partial charge in [-0.1, -0.05) is 12.1 Å². The fraction of sp³-hybridized carbons (Fsp3) is 0.176. The van der Waals surface area contributed by atoms with Crippen molar-refractivity contribution in [1.29, 1.82) is 0 Å². The standard InChI is InChI=1S/C17H17N3O3/c1-11-4-3-5-13-14(11)16(22)15(17(23)19(13)2)20(10-21)12-6-8-18-9-7-12/h3-10,17,22-23H,1-2H3. The number of anilines is 2. The smallest absolute Gasteiger partial charge is 0.218 e. The number of carbonyl (C=O) groups is 1. The topological polar surface area (TPSA) is 76.9 Å². The molecule has 2 aromatic rings. The predicted octanol–water partition coefficient (Wildman–Crippen LogP) is 2.05. The monoisotopic (exact) mass is 311 g/mol. The summed E-state index contributed by atoms with van der Waals surface area (Å²) in [4.78, 5) is 18.4. The highest BCUT2D eigenvalue weighted by molar-refractivity contribution is 5.89. The Hall–Kier alpha value is -2.86. The second-order valence-electron chi connectivity index (χ2n) is 5.37. The van der Waals surface area contributed by atoms with Crippen molar-refractivity contribution in [2.45, 2.75) is 13.2 Å². The second-order valence-corrected chi connectivity index (χ2v) is 5.37. The Kier molecular flexibility index (Phi) is 3.75. The molecule has 2 N–H and O–H groups in total. The molecule has 0 fully saturated rings. The molecule has 0 saturated heterocycles. The molecule has 1 atom stereocenters. The van der Waals surface area contributed by atoms with Gasteiger partial charge in [-0.3, -0.25) is 14.7 Å². The van der Waals surface area contributed by atoms with E-state index in [1.54, 1.807) is 36.5 Å². The summed E-state index contributed by atoms with van der Waals surface area (Å²) in [6.45, 7) is 1.87. The van der Waals surface area contributed by atoms with E-state index in [0.717, 1.165) is 5.56 Å². The molecule has 23 heavy (non-hydrogen) atoms. The minimum Gasteiger partial charge on any atom is -0.505 e. The van der Waals surface area contributed by atoms with Crippen molar-refractivity contribution in [2.75, 3.05) is 16.8 Å². The Labute approximate surface area is 133 Å². The number of carbonyl (C=O) groups excluding carboxylic acids is 1. The lowest BCUT2D eigenvalue weighted by atomic mass is 9.98. The SMILES string of the molecule is Cc1cccc2c1C(O)=C(N(C=O)c1ccncc1)C(O)N2C. The van der Waals surface area contributed by atoms with E-state index in [4.69, 9.17) is 0 Å². The highest BCUT2D eigenvalue weighted by atomic mass is 16.3. The molecule has 3 rings (SSSR count). The Balaban J connectivity index is 2.22. The minimum absolute atomic E-state index is 0.104. The van der Waals surface area contributed by atoms with Crippen LogP contribution in [0.15, 0.2) is 48.4 Å². The first kappa shape index (κ1) is 15.1. The van der Waals surface area contributed by atoms with Crippen molar-refractivity contribution in [3.8, 4) is 0 Å². The molecule has 6 heteroatoms. The molecule has 2 heterocycles. The Morgan fingerprint density at radius 1 is 1.26 bits per heavy atom. The van der Waals surface area contributed by atoms with Gasteiger partial charge < -0.3 is 15.1 Å². The first-order valence-corrected chi connectivity index (χ1v) is 7.15. The van der Waals surface area contributed by atoms with Crippen LogP contribution in [0.4, 0.5) is 11.4 Å². The van der Waals surface area contributed by atoms with Crippen LogP contribution in [0.2, 0.25) is 0 Å². The highest BCUT2D eigenvalue weighted by Crippen LogP contribution is 2.39. The van der Waals surface area contributed by atoms with Gasteiger partial charge in [0.2, 0.25) is 6.41 Å². The van der Waals surface area contributed by atoms with Gasteiger partial charge in [0.1, 0.15) is 11.5 Å². The van der Waals surface area contributed by atoms with Crippen molar-refractivity contribution < 1.29 is 15.0 Å². The van der Waals surface area contributed by atoms with E-state index in [1.165, 1.54) is 4.90 Å². The van der Waals surface area contributed by atoms with Crippen molar-refractivity contribution in [1.82, 2.24) is 4.98 Å². The average Bonchev–Trinajstić information content (AvgIpc) is 2.57. The van der Waals surface area contributed by atoms with Gasteiger partial charge in [-0.2, -0.15) is 0 Å². The number of aliphatic hydroxyl groups excluding tert-OH is 2. The Bertz CT molecular complexity index is 774. The summed E-state index contributed by atoms with van der Waals surface area (Å²) in [5, 5.41) is 21.3. The van der Waals surface area contributed by atoms with E-state index in [2.05, 4.69) is 4.98 Å². The zero-order chi connectivity index (χ0) is 16.6. The number of aryl methyl sites for hydroxylation is 1. The minimum atomic E-state index is -1.15. The van der Waals surface area contributed by atoms with Crippen LogP contribution in [0.5, 0.6) is 0 Å². The summed E-state index contributed by atoms with van der Waals surface area (Å²) < 4.78 is 0. The molecule has 1 unspecified atom stereocenters. The zero-order valence-electron chi connectivity index (χ0n) is 12.8. The van der Waals surface area contributed by atoms with Crippen molar-refractivity contribution in [2.24, 2.45) is 0 Å². The summed E-state index contributed by atoms with van der Waals surface area (Å²) in [6, 6.07) is 8.81. The molecule has 0 aliphatic carbocycles. The summed E-state index contributed by atoms with van der Waals surface area (Å²) >= 11 is 0. The Morgan fingerprint density at radius 2 is 1.96 bits per heavy atom. The quantitative estimate of drug-likeness (QED) is 0.848. The molecule has 1 aromatic carbocycles. The number of amides is 1. The molecule has 1 aliphatic rings. The van der Waals surface area contributed by atoms with Crippen molar-refractivity contribution in [3.05, 3.63) is 59.5 Å². The summed E-state index contributed by atoms with van der Waals surface area (Å²) in [5.74, 6) is -0.104. The number of hydrogen-bond acceptors (Lipinski definition) is 5. The molecular weight excluding hydrogens is 294 g/mol. The van der Waals surface area contributed by atoms with Crippen LogP contribution in [0.3, 0.4) is 0 Å². The number of benzene rings is 1. The maximum atomic E-state index is 11.6. The van der Waals surface area contributed by atoms with Gasteiger partial charge in [0.25, 0.3) is 0 Å². The lowest BCUT2D eigenvalue weighted by Gasteiger charge is -2.37. The van der Waals surface area contributed by atoms with Gasteiger partial charge in [0, 0.05) is 25.0 Å². The molecule has 0 bridgehead atoms. The normalized spacial score (nSPS) is 17.0. The highest BCUT2D eigenvalue weighted by Gasteiger charge is 2.34. The first-order chi connectivity index (χ1) is 11.1. The molecule has 0 spiro atoms. The van der Waals surface area contributed by atoms with Crippen molar-refractivity contribution >= 4 is 23.5 Å². The van der Waals surface area contributed by atoms with E-state index < -0.39 is 6.23 Å². The average molecular weight is 311 g/mol. The fourth-order valence-electron chi connectivity index (χ4n) is 2.82. The van der Waals surface area contributed by atoms with E-state index in [1.807, 2.05) is 25.1 Å². The van der Waals surface area contributed by atoms with Gasteiger partial charge in [0.05, 0.1) is 11.4 Å². The van der Waals surface area contributed by atoms with Crippen LogP contribution in [0, 0.1) is 6.92 Å². The van der Waals surface area contributed by atoms with E-state index in [9.17, 15) is 15.0 Å². The van der Waals surface area contributed by atoms with Gasteiger partial charge >= 0.3 is 0 Å². The third-order valence-electron chi connectivity index (χ3n) is 4.03. The molecule has 1 aromatic heterocycles. The largest absolute Gasteiger partial charge is 0.505 e. The number of fused-ring (bicyclic) bond motifs is 1. The molecular formula is C17H17N3O3. The van der Waals surface area contributed by atoms with Gasteiger partial charge in [0.15, 0.2) is 6.23 Å². The first-order valence-electron chi connectivity index (χ1n) is 7.15. The molecule has 0 saturated carbocycles. The van der Waals surface area contributed by atoms with Gasteiger partial charge in [-0.05, 0) is 30.7 Å². The molecule has 1 aliphatic heterocycles.